The zero-order chi connectivity index (χ0) is 10.5. The van der Waals surface area contributed by atoms with Crippen molar-refractivity contribution in [2.75, 3.05) is 0 Å². The molecular formula is C10H9N3O2. The number of aromatic nitrogens is 2. The maximum atomic E-state index is 8.26. The first-order chi connectivity index (χ1) is 7.38. The highest BCUT2D eigenvalue weighted by atomic mass is 16.5. The van der Waals surface area contributed by atoms with Crippen LogP contribution in [-0.2, 0) is 6.42 Å². The topological polar surface area (TPSA) is 71.5 Å². The van der Waals surface area contributed by atoms with Crippen LogP contribution in [0.1, 0.15) is 17.3 Å². The van der Waals surface area contributed by atoms with Crippen molar-refractivity contribution < 1.29 is 9.73 Å². The van der Waals surface area contributed by atoms with Crippen LogP contribution in [0.5, 0.6) is 0 Å². The molecule has 0 aliphatic rings. The van der Waals surface area contributed by atoms with Crippen LogP contribution in [0.3, 0.4) is 0 Å². The predicted molar refractivity (Wildman–Crippen MR) is 52.9 cm³/mol. The van der Waals surface area contributed by atoms with E-state index in [2.05, 4.69) is 15.3 Å². The van der Waals surface area contributed by atoms with E-state index in [1.165, 1.54) is 0 Å². The Hall–Kier alpha value is -2.17. The van der Waals surface area contributed by atoms with Crippen molar-refractivity contribution in [3.8, 4) is 0 Å². The molecule has 76 valence electrons. The first-order valence-electron chi connectivity index (χ1n) is 4.42. The van der Waals surface area contributed by atoms with E-state index in [1.54, 1.807) is 0 Å². The average molecular weight is 203 g/mol. The van der Waals surface area contributed by atoms with Gasteiger partial charge in [0.2, 0.25) is 0 Å². The molecule has 0 atom stereocenters. The van der Waals surface area contributed by atoms with Gasteiger partial charge in [-0.1, -0.05) is 40.6 Å². The summed E-state index contributed by atoms with van der Waals surface area (Å²) in [6.07, 6.45) is 1.70. The van der Waals surface area contributed by atoms with Crippen molar-refractivity contribution in [2.24, 2.45) is 5.16 Å². The number of benzene rings is 1. The first-order valence-corrected chi connectivity index (χ1v) is 4.42. The van der Waals surface area contributed by atoms with Crippen LogP contribution in [0, 0.1) is 0 Å². The summed E-state index contributed by atoms with van der Waals surface area (Å²) in [6, 6.07) is 9.81. The lowest BCUT2D eigenvalue weighted by molar-refractivity contribution is 0.318. The Bertz CT molecular complexity index is 451. The van der Waals surface area contributed by atoms with E-state index < -0.39 is 0 Å². The number of nitrogens with zero attached hydrogens (tertiary/aromatic N) is 3. The maximum absolute atomic E-state index is 8.26. The Morgan fingerprint density at radius 1 is 1.33 bits per heavy atom. The Balaban J connectivity index is 2.11. The predicted octanol–water partition coefficient (Wildman–Crippen LogP) is 1.47. The number of hydrogen-bond donors (Lipinski definition) is 1. The van der Waals surface area contributed by atoms with Gasteiger partial charge in [-0.05, 0) is 5.56 Å². The van der Waals surface area contributed by atoms with Gasteiger partial charge in [0.25, 0.3) is 5.89 Å². The molecule has 0 amide bonds. The standard InChI is InChI=1S/C10H9N3O2/c14-11-7-10-12-9(13-15-10)6-8-4-2-1-3-5-8/h1-5,7,14H,6H2/b11-7-. The molecule has 2 aromatic rings. The summed E-state index contributed by atoms with van der Waals surface area (Å²) < 4.78 is 4.81. The van der Waals surface area contributed by atoms with E-state index in [0.29, 0.717) is 12.2 Å². The van der Waals surface area contributed by atoms with Crippen molar-refractivity contribution in [3.63, 3.8) is 0 Å². The molecule has 0 radical (unpaired) electrons. The van der Waals surface area contributed by atoms with Gasteiger partial charge in [-0.15, -0.1) is 0 Å². The highest BCUT2D eigenvalue weighted by Gasteiger charge is 2.04. The van der Waals surface area contributed by atoms with Gasteiger partial charge in [0.15, 0.2) is 5.82 Å². The van der Waals surface area contributed by atoms with E-state index in [4.69, 9.17) is 9.73 Å². The van der Waals surface area contributed by atoms with Gasteiger partial charge in [-0.25, -0.2) is 0 Å². The van der Waals surface area contributed by atoms with Gasteiger partial charge >= 0.3 is 0 Å². The normalized spacial score (nSPS) is 10.9. The van der Waals surface area contributed by atoms with Gasteiger partial charge in [0.05, 0.1) is 0 Å². The molecule has 0 bridgehead atoms. The molecule has 0 unspecified atom stereocenters. The van der Waals surface area contributed by atoms with E-state index >= 15 is 0 Å². The summed E-state index contributed by atoms with van der Waals surface area (Å²) in [4.78, 5) is 4.01. The number of oxime groups is 1. The summed E-state index contributed by atoms with van der Waals surface area (Å²) in [5.74, 6) is 0.763. The van der Waals surface area contributed by atoms with E-state index in [1.807, 2.05) is 30.3 Å². The zero-order valence-corrected chi connectivity index (χ0v) is 7.87. The SMILES string of the molecule is O/N=C\c1nc(Cc2ccccc2)no1. The molecule has 1 aromatic heterocycles. The second-order valence-corrected chi connectivity index (χ2v) is 2.96. The quantitative estimate of drug-likeness (QED) is 0.465. The third-order valence-electron chi connectivity index (χ3n) is 1.86. The summed E-state index contributed by atoms with van der Waals surface area (Å²) in [5, 5.41) is 14.8. The summed E-state index contributed by atoms with van der Waals surface area (Å²) in [6.45, 7) is 0. The third kappa shape index (κ3) is 2.40. The molecule has 1 heterocycles. The van der Waals surface area contributed by atoms with Crippen LogP contribution in [-0.4, -0.2) is 21.6 Å². The summed E-state index contributed by atoms with van der Waals surface area (Å²) in [7, 11) is 0. The van der Waals surface area contributed by atoms with Crippen molar-refractivity contribution in [1.29, 1.82) is 0 Å². The molecule has 5 nitrogen and oxygen atoms in total. The van der Waals surface area contributed by atoms with Gasteiger partial charge < -0.3 is 9.73 Å². The highest BCUT2D eigenvalue weighted by molar-refractivity contribution is 5.72. The lowest BCUT2D eigenvalue weighted by Gasteiger charge is -1.93. The Morgan fingerprint density at radius 3 is 2.87 bits per heavy atom. The van der Waals surface area contributed by atoms with Crippen LogP contribution in [0.2, 0.25) is 0 Å². The van der Waals surface area contributed by atoms with Crippen molar-refractivity contribution in [2.45, 2.75) is 6.42 Å². The maximum Gasteiger partial charge on any atom is 0.272 e. The van der Waals surface area contributed by atoms with Gasteiger partial charge in [0.1, 0.15) is 6.21 Å². The van der Waals surface area contributed by atoms with Crippen molar-refractivity contribution in [1.82, 2.24) is 10.1 Å². The molecule has 0 saturated carbocycles. The smallest absolute Gasteiger partial charge is 0.272 e. The van der Waals surface area contributed by atoms with Crippen LogP contribution >= 0.6 is 0 Å². The second-order valence-electron chi connectivity index (χ2n) is 2.96. The van der Waals surface area contributed by atoms with Crippen LogP contribution < -0.4 is 0 Å². The lowest BCUT2D eigenvalue weighted by Crippen LogP contribution is -1.90. The minimum absolute atomic E-state index is 0.198. The third-order valence-corrected chi connectivity index (χ3v) is 1.86. The lowest BCUT2D eigenvalue weighted by atomic mass is 10.1. The molecule has 0 aliphatic heterocycles. The summed E-state index contributed by atoms with van der Waals surface area (Å²) in [5.41, 5.74) is 1.10. The number of rotatable bonds is 3. The van der Waals surface area contributed by atoms with Gasteiger partial charge in [0, 0.05) is 6.42 Å². The first kappa shape index (κ1) is 9.39. The average Bonchev–Trinajstić information content (AvgIpc) is 2.68. The van der Waals surface area contributed by atoms with Crippen LogP contribution in [0.15, 0.2) is 40.0 Å². The molecular weight excluding hydrogens is 194 g/mol. The molecule has 0 aliphatic carbocycles. The Labute approximate surface area is 86.0 Å². The van der Waals surface area contributed by atoms with Gasteiger partial charge in [-0.3, -0.25) is 0 Å². The fourth-order valence-electron chi connectivity index (χ4n) is 1.22. The minimum atomic E-state index is 0.198. The molecule has 1 N–H and O–H groups in total. The van der Waals surface area contributed by atoms with Gasteiger partial charge in [-0.2, -0.15) is 4.98 Å². The van der Waals surface area contributed by atoms with Crippen LogP contribution in [0.4, 0.5) is 0 Å². The Kier molecular flexibility index (Phi) is 2.73. The molecule has 0 saturated heterocycles. The highest BCUT2D eigenvalue weighted by Crippen LogP contribution is 2.05. The minimum Gasteiger partial charge on any atom is -0.411 e. The molecule has 0 fully saturated rings. The number of hydrogen-bond acceptors (Lipinski definition) is 5. The Morgan fingerprint density at radius 2 is 2.13 bits per heavy atom. The zero-order valence-electron chi connectivity index (χ0n) is 7.87. The largest absolute Gasteiger partial charge is 0.411 e. The van der Waals surface area contributed by atoms with Crippen LogP contribution in [0.25, 0.3) is 0 Å². The van der Waals surface area contributed by atoms with E-state index in [9.17, 15) is 0 Å². The monoisotopic (exact) mass is 203 g/mol. The second kappa shape index (κ2) is 4.36. The van der Waals surface area contributed by atoms with E-state index in [0.717, 1.165) is 11.8 Å². The molecule has 2 rings (SSSR count). The van der Waals surface area contributed by atoms with Crippen molar-refractivity contribution >= 4 is 6.21 Å². The van der Waals surface area contributed by atoms with E-state index in [-0.39, 0.29) is 5.89 Å². The fourth-order valence-corrected chi connectivity index (χ4v) is 1.22. The summed E-state index contributed by atoms with van der Waals surface area (Å²) >= 11 is 0. The molecule has 5 heteroatoms. The fraction of sp³-hybridized carbons (Fsp3) is 0.100. The molecule has 0 spiro atoms. The van der Waals surface area contributed by atoms with Crippen molar-refractivity contribution in [3.05, 3.63) is 47.6 Å². The molecule has 1 aromatic carbocycles. The molecule has 15 heavy (non-hydrogen) atoms.